The summed E-state index contributed by atoms with van der Waals surface area (Å²) in [6.45, 7) is 8.87. The molecule has 126 valence electrons. The lowest BCUT2D eigenvalue weighted by Gasteiger charge is -2.27. The van der Waals surface area contributed by atoms with Gasteiger partial charge in [0.25, 0.3) is 0 Å². The molecule has 0 radical (unpaired) electrons. The van der Waals surface area contributed by atoms with Crippen molar-refractivity contribution in [3.8, 4) is 11.5 Å². The summed E-state index contributed by atoms with van der Waals surface area (Å²) in [6, 6.07) is 5.94. The van der Waals surface area contributed by atoms with Crippen molar-refractivity contribution in [2.24, 2.45) is 5.92 Å². The first kappa shape index (κ1) is 18.8. The second kappa shape index (κ2) is 9.70. The SMILES string of the molecule is CCC[C@@H](O)CN(Cc1cccc(OC)c1OC)CC(C)C. The van der Waals surface area contributed by atoms with Crippen LogP contribution < -0.4 is 9.47 Å². The lowest BCUT2D eigenvalue weighted by molar-refractivity contribution is 0.0939. The molecule has 1 N–H and O–H groups in total. The Kier molecular flexibility index (Phi) is 8.28. The number of aliphatic hydroxyl groups excluding tert-OH is 1. The quantitative estimate of drug-likeness (QED) is 0.720. The third kappa shape index (κ3) is 5.85. The first-order chi connectivity index (χ1) is 10.5. The van der Waals surface area contributed by atoms with E-state index < -0.39 is 0 Å². The van der Waals surface area contributed by atoms with Crippen LogP contribution >= 0.6 is 0 Å². The standard InChI is InChI=1S/C18H31NO3/c1-6-8-16(20)13-19(11-14(2)3)12-15-9-7-10-17(21-4)18(15)22-5/h7,9-10,14,16,20H,6,8,11-13H2,1-5H3/t16-/m1/s1. The van der Waals surface area contributed by atoms with Crippen molar-refractivity contribution in [1.82, 2.24) is 4.90 Å². The number of methoxy groups -OCH3 is 2. The average Bonchev–Trinajstić information content (AvgIpc) is 2.46. The van der Waals surface area contributed by atoms with Gasteiger partial charge in [-0.2, -0.15) is 0 Å². The molecule has 0 fully saturated rings. The maximum absolute atomic E-state index is 10.1. The van der Waals surface area contributed by atoms with Crippen LogP contribution in [-0.4, -0.2) is 43.4 Å². The molecule has 0 aromatic heterocycles. The number of hydrogen-bond donors (Lipinski definition) is 1. The van der Waals surface area contributed by atoms with E-state index in [4.69, 9.17) is 9.47 Å². The third-order valence-electron chi connectivity index (χ3n) is 3.59. The molecule has 0 aliphatic heterocycles. The normalized spacial score (nSPS) is 12.7. The number of aliphatic hydroxyl groups is 1. The molecule has 4 nitrogen and oxygen atoms in total. The van der Waals surface area contributed by atoms with Crippen molar-refractivity contribution < 1.29 is 14.6 Å². The van der Waals surface area contributed by atoms with Crippen molar-refractivity contribution in [3.63, 3.8) is 0 Å². The van der Waals surface area contributed by atoms with E-state index in [1.54, 1.807) is 14.2 Å². The topological polar surface area (TPSA) is 41.9 Å². The molecule has 1 atom stereocenters. The average molecular weight is 309 g/mol. The Morgan fingerprint density at radius 3 is 2.41 bits per heavy atom. The van der Waals surface area contributed by atoms with E-state index in [2.05, 4.69) is 31.7 Å². The first-order valence-corrected chi connectivity index (χ1v) is 8.12. The summed E-state index contributed by atoms with van der Waals surface area (Å²) in [6.07, 6.45) is 1.56. The van der Waals surface area contributed by atoms with Gasteiger partial charge in [-0.3, -0.25) is 4.90 Å². The van der Waals surface area contributed by atoms with Crippen LogP contribution in [0, 0.1) is 5.92 Å². The fourth-order valence-electron chi connectivity index (χ4n) is 2.76. The van der Waals surface area contributed by atoms with Crippen LogP contribution in [0.2, 0.25) is 0 Å². The molecular formula is C18H31NO3. The molecule has 0 spiro atoms. The van der Waals surface area contributed by atoms with Gasteiger partial charge in [-0.15, -0.1) is 0 Å². The Morgan fingerprint density at radius 2 is 1.86 bits per heavy atom. The molecule has 4 heteroatoms. The lowest BCUT2D eigenvalue weighted by atomic mass is 10.1. The molecule has 1 rings (SSSR count). The molecule has 0 aliphatic carbocycles. The van der Waals surface area contributed by atoms with E-state index in [0.717, 1.165) is 43.0 Å². The molecule has 1 aromatic rings. The molecule has 0 heterocycles. The Hall–Kier alpha value is -1.26. The molecule has 1 aromatic carbocycles. The number of hydrogen-bond acceptors (Lipinski definition) is 4. The predicted octanol–water partition coefficient (Wildman–Crippen LogP) is 3.32. The van der Waals surface area contributed by atoms with Crippen molar-refractivity contribution in [2.75, 3.05) is 27.3 Å². The Balaban J connectivity index is 2.88. The number of para-hydroxylation sites is 1. The van der Waals surface area contributed by atoms with Crippen molar-refractivity contribution in [2.45, 2.75) is 46.3 Å². The first-order valence-electron chi connectivity index (χ1n) is 8.12. The van der Waals surface area contributed by atoms with Crippen LogP contribution in [0.4, 0.5) is 0 Å². The van der Waals surface area contributed by atoms with Gasteiger partial charge >= 0.3 is 0 Å². The van der Waals surface area contributed by atoms with E-state index in [-0.39, 0.29) is 6.10 Å². The Morgan fingerprint density at radius 1 is 1.14 bits per heavy atom. The second-order valence-corrected chi connectivity index (χ2v) is 6.18. The van der Waals surface area contributed by atoms with E-state index >= 15 is 0 Å². The van der Waals surface area contributed by atoms with Crippen LogP contribution in [-0.2, 0) is 6.54 Å². The van der Waals surface area contributed by atoms with Crippen molar-refractivity contribution in [3.05, 3.63) is 23.8 Å². The van der Waals surface area contributed by atoms with Gasteiger partial charge in [0, 0.05) is 25.2 Å². The lowest BCUT2D eigenvalue weighted by Crippen LogP contribution is -2.34. The van der Waals surface area contributed by atoms with Crippen LogP contribution in [0.15, 0.2) is 18.2 Å². The smallest absolute Gasteiger partial charge is 0.165 e. The van der Waals surface area contributed by atoms with Crippen LogP contribution in [0.5, 0.6) is 11.5 Å². The van der Waals surface area contributed by atoms with Gasteiger partial charge in [0.2, 0.25) is 0 Å². The van der Waals surface area contributed by atoms with Gasteiger partial charge in [-0.25, -0.2) is 0 Å². The van der Waals surface area contributed by atoms with Crippen LogP contribution in [0.25, 0.3) is 0 Å². The third-order valence-corrected chi connectivity index (χ3v) is 3.59. The summed E-state index contributed by atoms with van der Waals surface area (Å²) in [7, 11) is 3.32. The zero-order chi connectivity index (χ0) is 16.5. The number of benzene rings is 1. The van der Waals surface area contributed by atoms with E-state index in [9.17, 15) is 5.11 Å². The number of rotatable bonds is 10. The summed E-state index contributed by atoms with van der Waals surface area (Å²) in [5, 5.41) is 10.1. The fraction of sp³-hybridized carbons (Fsp3) is 0.667. The zero-order valence-corrected chi connectivity index (χ0v) is 14.6. The Labute approximate surface area is 135 Å². The highest BCUT2D eigenvalue weighted by atomic mass is 16.5. The van der Waals surface area contributed by atoms with Gasteiger partial charge in [-0.05, 0) is 18.4 Å². The minimum atomic E-state index is -0.277. The second-order valence-electron chi connectivity index (χ2n) is 6.18. The van der Waals surface area contributed by atoms with Gasteiger partial charge in [0.05, 0.1) is 20.3 Å². The minimum Gasteiger partial charge on any atom is -0.493 e. The maximum atomic E-state index is 10.1. The maximum Gasteiger partial charge on any atom is 0.165 e. The summed E-state index contributed by atoms with van der Waals surface area (Å²) in [5.41, 5.74) is 1.09. The summed E-state index contributed by atoms with van der Waals surface area (Å²) in [4.78, 5) is 2.29. The van der Waals surface area contributed by atoms with Crippen LogP contribution in [0.1, 0.15) is 39.2 Å². The van der Waals surface area contributed by atoms with E-state index in [1.165, 1.54) is 0 Å². The van der Waals surface area contributed by atoms with Gasteiger partial charge in [-0.1, -0.05) is 39.3 Å². The molecule has 22 heavy (non-hydrogen) atoms. The number of nitrogens with zero attached hydrogens (tertiary/aromatic N) is 1. The van der Waals surface area contributed by atoms with Crippen molar-refractivity contribution in [1.29, 1.82) is 0 Å². The van der Waals surface area contributed by atoms with Crippen LogP contribution in [0.3, 0.4) is 0 Å². The molecule has 0 saturated carbocycles. The minimum absolute atomic E-state index is 0.277. The highest BCUT2D eigenvalue weighted by Gasteiger charge is 2.17. The fourth-order valence-corrected chi connectivity index (χ4v) is 2.76. The molecular weight excluding hydrogens is 278 g/mol. The molecule has 0 unspecified atom stereocenters. The van der Waals surface area contributed by atoms with E-state index in [0.29, 0.717) is 12.5 Å². The van der Waals surface area contributed by atoms with Gasteiger partial charge in [0.15, 0.2) is 11.5 Å². The molecule has 0 saturated heterocycles. The largest absolute Gasteiger partial charge is 0.493 e. The molecule has 0 amide bonds. The van der Waals surface area contributed by atoms with E-state index in [1.807, 2.05) is 12.1 Å². The highest BCUT2D eigenvalue weighted by Crippen LogP contribution is 2.31. The summed E-state index contributed by atoms with van der Waals surface area (Å²) < 4.78 is 10.9. The monoisotopic (exact) mass is 309 g/mol. The van der Waals surface area contributed by atoms with Crippen molar-refractivity contribution >= 4 is 0 Å². The molecule has 0 aliphatic rings. The highest BCUT2D eigenvalue weighted by molar-refractivity contribution is 5.46. The summed E-state index contributed by atoms with van der Waals surface area (Å²) in [5.74, 6) is 2.08. The number of ether oxygens (including phenoxy) is 2. The van der Waals surface area contributed by atoms with Gasteiger partial charge < -0.3 is 14.6 Å². The van der Waals surface area contributed by atoms with Gasteiger partial charge in [0.1, 0.15) is 0 Å². The summed E-state index contributed by atoms with van der Waals surface area (Å²) >= 11 is 0. The Bertz CT molecular complexity index is 434. The predicted molar refractivity (Wildman–Crippen MR) is 90.6 cm³/mol. The molecule has 0 bridgehead atoms. The zero-order valence-electron chi connectivity index (χ0n) is 14.6.